The molecule has 7 heteroatoms. The van der Waals surface area contributed by atoms with Crippen molar-refractivity contribution in [2.45, 2.75) is 0 Å². The number of nitrogen functional groups attached to an aromatic ring is 1. The van der Waals surface area contributed by atoms with E-state index in [0.29, 0.717) is 17.1 Å². The highest BCUT2D eigenvalue weighted by Crippen LogP contribution is 2.42. The molecule has 2 rings (SSSR count). The zero-order valence-corrected chi connectivity index (χ0v) is 11.5. The van der Waals surface area contributed by atoms with E-state index in [4.69, 9.17) is 26.8 Å². The molecule has 2 aromatic rings. The Morgan fingerprint density at radius 3 is 2.47 bits per heavy atom. The van der Waals surface area contributed by atoms with Crippen molar-refractivity contribution in [2.24, 2.45) is 7.05 Å². The smallest absolute Gasteiger partial charge is 0.182 e. The number of halogens is 2. The van der Waals surface area contributed by atoms with E-state index in [1.54, 1.807) is 7.05 Å². The zero-order valence-electron chi connectivity index (χ0n) is 10.7. The fourth-order valence-corrected chi connectivity index (χ4v) is 2.05. The summed E-state index contributed by atoms with van der Waals surface area (Å²) < 4.78 is 25.9. The topological polar surface area (TPSA) is 62.3 Å². The second-order valence-corrected chi connectivity index (χ2v) is 4.23. The van der Waals surface area contributed by atoms with Gasteiger partial charge in [0, 0.05) is 18.2 Å². The molecule has 0 saturated carbocycles. The Hall–Kier alpha value is -1.95. The summed E-state index contributed by atoms with van der Waals surface area (Å²) in [6.45, 7) is 0. The lowest BCUT2D eigenvalue weighted by atomic mass is 10.1. The van der Waals surface area contributed by atoms with Crippen molar-refractivity contribution in [1.29, 1.82) is 0 Å². The van der Waals surface area contributed by atoms with Crippen LogP contribution < -0.4 is 15.2 Å². The highest BCUT2D eigenvalue weighted by molar-refractivity contribution is 6.32. The second-order valence-electron chi connectivity index (χ2n) is 3.85. The number of aryl methyl sites for hydroxylation is 1. The van der Waals surface area contributed by atoms with Crippen LogP contribution in [0.15, 0.2) is 12.3 Å². The van der Waals surface area contributed by atoms with Gasteiger partial charge in [0.2, 0.25) is 0 Å². The standard InChI is InChI=1S/C12H13ClFN3O2/c1-17-12(15)7(5-16-17)6-4-8(18-2)11(19-3)9(13)10(6)14/h4-5H,15H2,1-3H3. The van der Waals surface area contributed by atoms with Gasteiger partial charge in [-0.25, -0.2) is 4.39 Å². The van der Waals surface area contributed by atoms with Gasteiger partial charge < -0.3 is 15.2 Å². The number of benzene rings is 1. The molecule has 5 nitrogen and oxygen atoms in total. The van der Waals surface area contributed by atoms with E-state index in [1.165, 1.54) is 31.2 Å². The largest absolute Gasteiger partial charge is 0.493 e. The highest BCUT2D eigenvalue weighted by atomic mass is 35.5. The molecule has 0 atom stereocenters. The van der Waals surface area contributed by atoms with Gasteiger partial charge in [0.25, 0.3) is 0 Å². The number of anilines is 1. The Kier molecular flexibility index (Phi) is 3.53. The van der Waals surface area contributed by atoms with Crippen LogP contribution in [0.3, 0.4) is 0 Å². The summed E-state index contributed by atoms with van der Waals surface area (Å²) in [5.41, 5.74) is 6.50. The van der Waals surface area contributed by atoms with Crippen LogP contribution in [0.1, 0.15) is 0 Å². The molecule has 1 aromatic heterocycles. The Morgan fingerprint density at radius 2 is 2.00 bits per heavy atom. The molecule has 0 aliphatic rings. The molecule has 0 bridgehead atoms. The molecule has 1 heterocycles. The molecule has 1 aromatic carbocycles. The highest BCUT2D eigenvalue weighted by Gasteiger charge is 2.21. The van der Waals surface area contributed by atoms with Crippen molar-refractivity contribution in [1.82, 2.24) is 9.78 Å². The maximum Gasteiger partial charge on any atom is 0.182 e. The lowest BCUT2D eigenvalue weighted by Crippen LogP contribution is -2.00. The van der Waals surface area contributed by atoms with Gasteiger partial charge in [0.05, 0.1) is 20.4 Å². The summed E-state index contributed by atoms with van der Waals surface area (Å²) in [7, 11) is 4.50. The average molecular weight is 286 g/mol. The first-order valence-corrected chi connectivity index (χ1v) is 5.76. The van der Waals surface area contributed by atoms with Gasteiger partial charge in [-0.2, -0.15) is 5.10 Å². The van der Waals surface area contributed by atoms with Crippen molar-refractivity contribution in [3.8, 4) is 22.6 Å². The molecular weight excluding hydrogens is 273 g/mol. The van der Waals surface area contributed by atoms with E-state index >= 15 is 0 Å². The van der Waals surface area contributed by atoms with Crippen molar-refractivity contribution >= 4 is 17.4 Å². The molecule has 0 amide bonds. The van der Waals surface area contributed by atoms with Crippen molar-refractivity contribution in [3.63, 3.8) is 0 Å². The summed E-state index contributed by atoms with van der Waals surface area (Å²) in [6, 6.07) is 1.48. The maximum absolute atomic E-state index is 14.3. The molecule has 0 saturated heterocycles. The minimum atomic E-state index is -0.626. The van der Waals surface area contributed by atoms with Crippen molar-refractivity contribution in [3.05, 3.63) is 23.1 Å². The SMILES string of the molecule is COc1cc(-c2cnn(C)c2N)c(F)c(Cl)c1OC. The molecule has 0 spiro atoms. The molecular formula is C12H13ClFN3O2. The fraction of sp³-hybridized carbons (Fsp3) is 0.250. The summed E-state index contributed by atoms with van der Waals surface area (Å²) in [5.74, 6) is 0.182. The minimum absolute atomic E-state index is 0.146. The van der Waals surface area contributed by atoms with Crippen LogP contribution in [0, 0.1) is 5.82 Å². The first-order valence-electron chi connectivity index (χ1n) is 5.39. The zero-order chi connectivity index (χ0) is 14.2. The molecule has 0 unspecified atom stereocenters. The molecule has 19 heavy (non-hydrogen) atoms. The molecule has 102 valence electrons. The van der Waals surface area contributed by atoms with Crippen LogP contribution in [-0.4, -0.2) is 24.0 Å². The number of ether oxygens (including phenoxy) is 2. The summed E-state index contributed by atoms with van der Waals surface area (Å²) >= 11 is 5.94. The Bertz CT molecular complexity index is 628. The van der Waals surface area contributed by atoms with Crippen LogP contribution in [0.25, 0.3) is 11.1 Å². The lowest BCUT2D eigenvalue weighted by molar-refractivity contribution is 0.353. The number of hydrogen-bond donors (Lipinski definition) is 1. The number of rotatable bonds is 3. The third-order valence-electron chi connectivity index (χ3n) is 2.83. The van der Waals surface area contributed by atoms with Gasteiger partial charge in [-0.1, -0.05) is 11.6 Å². The van der Waals surface area contributed by atoms with Crippen LogP contribution in [0.4, 0.5) is 10.2 Å². The Balaban J connectivity index is 2.71. The maximum atomic E-state index is 14.3. The third kappa shape index (κ3) is 2.08. The summed E-state index contributed by atoms with van der Waals surface area (Å²) in [5, 5.41) is 3.82. The van der Waals surface area contributed by atoms with Crippen LogP contribution >= 0.6 is 11.6 Å². The number of methoxy groups -OCH3 is 2. The van der Waals surface area contributed by atoms with Gasteiger partial charge in [0.1, 0.15) is 10.8 Å². The van der Waals surface area contributed by atoms with E-state index in [9.17, 15) is 4.39 Å². The van der Waals surface area contributed by atoms with Gasteiger partial charge in [-0.15, -0.1) is 0 Å². The fourth-order valence-electron chi connectivity index (χ4n) is 1.78. The number of nitrogens with two attached hydrogens (primary N) is 1. The van der Waals surface area contributed by atoms with E-state index in [1.807, 2.05) is 0 Å². The number of hydrogen-bond acceptors (Lipinski definition) is 4. The van der Waals surface area contributed by atoms with Gasteiger partial charge >= 0.3 is 0 Å². The number of nitrogens with zero attached hydrogens (tertiary/aromatic N) is 2. The number of aromatic nitrogens is 2. The normalized spacial score (nSPS) is 10.6. The molecule has 0 radical (unpaired) electrons. The summed E-state index contributed by atoms with van der Waals surface area (Å²) in [6.07, 6.45) is 1.47. The van der Waals surface area contributed by atoms with E-state index in [2.05, 4.69) is 5.10 Å². The second kappa shape index (κ2) is 4.97. The molecule has 0 fully saturated rings. The van der Waals surface area contributed by atoms with Gasteiger partial charge in [0.15, 0.2) is 17.3 Å². The summed E-state index contributed by atoms with van der Waals surface area (Å²) in [4.78, 5) is 0. The Labute approximate surface area is 114 Å². The monoisotopic (exact) mass is 285 g/mol. The molecule has 2 N–H and O–H groups in total. The van der Waals surface area contributed by atoms with E-state index < -0.39 is 5.82 Å². The molecule has 0 aliphatic heterocycles. The van der Waals surface area contributed by atoms with E-state index in [0.717, 1.165) is 0 Å². The Morgan fingerprint density at radius 1 is 1.32 bits per heavy atom. The predicted octanol–water partition coefficient (Wildman–Crippen LogP) is 2.48. The minimum Gasteiger partial charge on any atom is -0.493 e. The first kappa shape index (κ1) is 13.5. The van der Waals surface area contributed by atoms with Gasteiger partial charge in [-0.3, -0.25) is 4.68 Å². The van der Waals surface area contributed by atoms with Crippen LogP contribution in [0.5, 0.6) is 11.5 Å². The van der Waals surface area contributed by atoms with Crippen molar-refractivity contribution < 1.29 is 13.9 Å². The van der Waals surface area contributed by atoms with Crippen LogP contribution in [-0.2, 0) is 7.05 Å². The van der Waals surface area contributed by atoms with Crippen LogP contribution in [0.2, 0.25) is 5.02 Å². The average Bonchev–Trinajstić information content (AvgIpc) is 2.73. The predicted molar refractivity (Wildman–Crippen MR) is 71.1 cm³/mol. The van der Waals surface area contributed by atoms with Gasteiger partial charge in [-0.05, 0) is 6.07 Å². The van der Waals surface area contributed by atoms with E-state index in [-0.39, 0.29) is 16.3 Å². The lowest BCUT2D eigenvalue weighted by Gasteiger charge is -2.13. The first-order chi connectivity index (χ1) is 9.01. The quantitative estimate of drug-likeness (QED) is 0.941. The molecule has 0 aliphatic carbocycles. The van der Waals surface area contributed by atoms with Crippen molar-refractivity contribution in [2.75, 3.05) is 20.0 Å². The third-order valence-corrected chi connectivity index (χ3v) is 3.16.